The van der Waals surface area contributed by atoms with Crippen LogP contribution in [0, 0.1) is 11.6 Å². The first-order chi connectivity index (χ1) is 12.4. The first-order valence-electron chi connectivity index (χ1n) is 7.99. The van der Waals surface area contributed by atoms with Crippen molar-refractivity contribution in [2.24, 2.45) is 0 Å². The normalized spacial score (nSPS) is 12.0. The zero-order chi connectivity index (χ0) is 19.3. The summed E-state index contributed by atoms with van der Waals surface area (Å²) in [4.78, 5) is 14.1. The van der Waals surface area contributed by atoms with Gasteiger partial charge in [0.05, 0.1) is 20.3 Å². The minimum Gasteiger partial charge on any atom is -0.497 e. The van der Waals surface area contributed by atoms with Crippen molar-refractivity contribution < 1.29 is 23.0 Å². The van der Waals surface area contributed by atoms with Crippen LogP contribution in [0.5, 0.6) is 11.5 Å². The second kappa shape index (κ2) is 8.62. The molecule has 1 unspecified atom stereocenters. The lowest BCUT2D eigenvalue weighted by Crippen LogP contribution is -2.35. The Bertz CT molecular complexity index is 739. The number of benzene rings is 2. The Morgan fingerprint density at radius 1 is 1.08 bits per heavy atom. The van der Waals surface area contributed by atoms with Gasteiger partial charge in [0.15, 0.2) is 0 Å². The van der Waals surface area contributed by atoms with E-state index in [0.717, 1.165) is 0 Å². The molecule has 1 amide bonds. The van der Waals surface area contributed by atoms with Crippen LogP contribution in [0.25, 0.3) is 0 Å². The molecule has 2 aromatic carbocycles. The molecule has 0 fully saturated rings. The number of rotatable bonds is 7. The summed E-state index contributed by atoms with van der Waals surface area (Å²) in [5, 5.41) is 2.71. The topological polar surface area (TPSA) is 50.8 Å². The highest BCUT2D eigenvalue weighted by Crippen LogP contribution is 2.25. The first-order valence-corrected chi connectivity index (χ1v) is 7.99. The van der Waals surface area contributed by atoms with E-state index in [9.17, 15) is 13.6 Å². The van der Waals surface area contributed by atoms with Gasteiger partial charge in [-0.05, 0) is 38.4 Å². The molecule has 0 heterocycles. The van der Waals surface area contributed by atoms with Crippen LogP contribution in [0.2, 0.25) is 0 Å². The zero-order valence-electron chi connectivity index (χ0n) is 15.2. The molecule has 5 nitrogen and oxygen atoms in total. The number of ether oxygens (including phenoxy) is 2. The van der Waals surface area contributed by atoms with Gasteiger partial charge in [-0.25, -0.2) is 8.78 Å². The number of methoxy groups -OCH3 is 2. The predicted molar refractivity (Wildman–Crippen MR) is 94.7 cm³/mol. The smallest absolute Gasteiger partial charge is 0.251 e. The number of hydrogen-bond acceptors (Lipinski definition) is 4. The molecule has 1 N–H and O–H groups in total. The highest BCUT2D eigenvalue weighted by atomic mass is 19.1. The zero-order valence-corrected chi connectivity index (χ0v) is 15.2. The van der Waals surface area contributed by atoms with E-state index < -0.39 is 23.6 Å². The van der Waals surface area contributed by atoms with Crippen LogP contribution in [0.4, 0.5) is 8.78 Å². The van der Waals surface area contributed by atoms with Gasteiger partial charge < -0.3 is 19.7 Å². The second-order valence-electron chi connectivity index (χ2n) is 5.93. The van der Waals surface area contributed by atoms with Crippen LogP contribution in [-0.2, 0) is 0 Å². The van der Waals surface area contributed by atoms with Crippen molar-refractivity contribution in [1.29, 1.82) is 0 Å². The highest BCUT2D eigenvalue weighted by molar-refractivity contribution is 5.95. The van der Waals surface area contributed by atoms with Gasteiger partial charge in [0.25, 0.3) is 5.91 Å². The summed E-state index contributed by atoms with van der Waals surface area (Å²) in [6, 6.07) is 7.81. The average Bonchev–Trinajstić information content (AvgIpc) is 2.62. The molecule has 2 rings (SSSR count). The van der Waals surface area contributed by atoms with Gasteiger partial charge in [0.1, 0.15) is 23.1 Å². The summed E-state index contributed by atoms with van der Waals surface area (Å²) >= 11 is 0. The lowest BCUT2D eigenvalue weighted by molar-refractivity contribution is 0.0940. The Morgan fingerprint density at radius 2 is 1.62 bits per heavy atom. The summed E-state index contributed by atoms with van der Waals surface area (Å²) in [6.07, 6.45) is 0. The second-order valence-corrected chi connectivity index (χ2v) is 5.93. The van der Waals surface area contributed by atoms with E-state index in [-0.39, 0.29) is 12.1 Å². The molecule has 0 saturated heterocycles. The molecule has 0 aliphatic carbocycles. The third kappa shape index (κ3) is 4.49. The van der Waals surface area contributed by atoms with Gasteiger partial charge in [-0.2, -0.15) is 0 Å². The maximum Gasteiger partial charge on any atom is 0.251 e. The SMILES string of the molecule is COc1cc(OC)cc(C(=O)NCC(c2c(F)cccc2F)N(C)C)c1. The van der Waals surface area contributed by atoms with E-state index in [4.69, 9.17) is 9.47 Å². The molecule has 7 heteroatoms. The molecule has 2 aromatic rings. The fourth-order valence-corrected chi connectivity index (χ4v) is 2.60. The molecule has 0 aliphatic rings. The van der Waals surface area contributed by atoms with E-state index in [1.807, 2.05) is 0 Å². The first kappa shape index (κ1) is 19.7. The maximum atomic E-state index is 14.1. The fraction of sp³-hybridized carbons (Fsp3) is 0.316. The molecule has 26 heavy (non-hydrogen) atoms. The van der Waals surface area contributed by atoms with E-state index in [2.05, 4.69) is 5.32 Å². The summed E-state index contributed by atoms with van der Waals surface area (Å²) in [7, 11) is 6.35. The van der Waals surface area contributed by atoms with Gasteiger partial charge in [-0.1, -0.05) is 6.07 Å². The van der Waals surface area contributed by atoms with Gasteiger partial charge in [0.2, 0.25) is 0 Å². The fourth-order valence-electron chi connectivity index (χ4n) is 2.60. The molecule has 0 radical (unpaired) electrons. The van der Waals surface area contributed by atoms with E-state index >= 15 is 0 Å². The van der Waals surface area contributed by atoms with Crippen LogP contribution >= 0.6 is 0 Å². The van der Waals surface area contributed by atoms with Crippen LogP contribution in [-0.4, -0.2) is 45.7 Å². The molecular formula is C19H22F2N2O3. The minimum absolute atomic E-state index is 0.0310. The lowest BCUT2D eigenvalue weighted by Gasteiger charge is -2.26. The van der Waals surface area contributed by atoms with Crippen LogP contribution in [0.3, 0.4) is 0 Å². The van der Waals surface area contributed by atoms with Crippen molar-refractivity contribution in [1.82, 2.24) is 10.2 Å². The number of carbonyl (C=O) groups is 1. The minimum atomic E-state index is -0.660. The third-order valence-corrected chi connectivity index (χ3v) is 4.03. The van der Waals surface area contributed by atoms with Gasteiger partial charge in [-0.3, -0.25) is 4.79 Å². The van der Waals surface area contributed by atoms with Gasteiger partial charge in [0, 0.05) is 23.7 Å². The Kier molecular flexibility index (Phi) is 6.52. The molecule has 140 valence electrons. The maximum absolute atomic E-state index is 14.1. The van der Waals surface area contributed by atoms with Crippen LogP contribution < -0.4 is 14.8 Å². The standard InChI is InChI=1S/C19H22F2N2O3/c1-23(2)17(18-15(20)6-5-7-16(18)21)11-22-19(24)12-8-13(25-3)10-14(9-12)26-4/h5-10,17H,11H2,1-4H3,(H,22,24). The Labute approximate surface area is 151 Å². The Balaban J connectivity index is 2.21. The van der Waals surface area contributed by atoms with Crippen molar-refractivity contribution >= 4 is 5.91 Å². The van der Waals surface area contributed by atoms with Crippen molar-refractivity contribution in [2.75, 3.05) is 34.9 Å². The number of nitrogens with one attached hydrogen (secondary N) is 1. The molecule has 0 spiro atoms. The van der Waals surface area contributed by atoms with E-state index in [1.54, 1.807) is 37.2 Å². The molecule has 0 aliphatic heterocycles. The molecule has 0 saturated carbocycles. The molecule has 1 atom stereocenters. The highest BCUT2D eigenvalue weighted by Gasteiger charge is 2.23. The van der Waals surface area contributed by atoms with Crippen LogP contribution in [0.1, 0.15) is 22.0 Å². The monoisotopic (exact) mass is 364 g/mol. The Morgan fingerprint density at radius 3 is 2.08 bits per heavy atom. The van der Waals surface area contributed by atoms with Crippen molar-refractivity contribution in [3.8, 4) is 11.5 Å². The number of carbonyl (C=O) groups excluding carboxylic acids is 1. The quantitative estimate of drug-likeness (QED) is 0.821. The van der Waals surface area contributed by atoms with Crippen molar-refractivity contribution in [3.05, 3.63) is 59.2 Å². The third-order valence-electron chi connectivity index (χ3n) is 4.03. The number of likely N-dealkylation sites (N-methyl/N-ethyl adjacent to an activating group) is 1. The Hall–Kier alpha value is -2.67. The van der Waals surface area contributed by atoms with Crippen LogP contribution in [0.15, 0.2) is 36.4 Å². The predicted octanol–water partition coefficient (Wildman–Crippen LogP) is 3.01. The summed E-state index contributed by atoms with van der Waals surface area (Å²) < 4.78 is 38.5. The van der Waals surface area contributed by atoms with E-state index in [0.29, 0.717) is 17.1 Å². The van der Waals surface area contributed by atoms with Crippen molar-refractivity contribution in [3.63, 3.8) is 0 Å². The summed E-state index contributed by atoms with van der Waals surface area (Å²) in [5.41, 5.74) is 0.244. The molecule has 0 bridgehead atoms. The summed E-state index contributed by atoms with van der Waals surface area (Å²) in [5.74, 6) is -0.759. The molecule has 0 aromatic heterocycles. The van der Waals surface area contributed by atoms with Crippen molar-refractivity contribution in [2.45, 2.75) is 6.04 Å². The van der Waals surface area contributed by atoms with Gasteiger partial charge in [-0.15, -0.1) is 0 Å². The number of hydrogen-bond donors (Lipinski definition) is 1. The number of halogens is 2. The average molecular weight is 364 g/mol. The summed E-state index contributed by atoms with van der Waals surface area (Å²) in [6.45, 7) is 0.0310. The van der Waals surface area contributed by atoms with E-state index in [1.165, 1.54) is 32.4 Å². The number of nitrogens with zero attached hydrogens (tertiary/aromatic N) is 1. The number of amides is 1. The largest absolute Gasteiger partial charge is 0.497 e. The molecular weight excluding hydrogens is 342 g/mol. The lowest BCUT2D eigenvalue weighted by atomic mass is 10.0. The van der Waals surface area contributed by atoms with Gasteiger partial charge >= 0.3 is 0 Å².